The molecular weight excluding hydrogens is 249 g/mol. The van der Waals surface area contributed by atoms with Crippen LogP contribution < -0.4 is 5.73 Å². The van der Waals surface area contributed by atoms with E-state index in [4.69, 9.17) is 5.73 Å². The van der Waals surface area contributed by atoms with Gasteiger partial charge in [0.2, 0.25) is 0 Å². The lowest BCUT2D eigenvalue weighted by molar-refractivity contribution is -0.143. The van der Waals surface area contributed by atoms with E-state index in [1.807, 2.05) is 0 Å². The van der Waals surface area contributed by atoms with Gasteiger partial charge in [-0.3, -0.25) is 4.79 Å². The lowest BCUT2D eigenvalue weighted by Gasteiger charge is -2.09. The van der Waals surface area contributed by atoms with Gasteiger partial charge in [0.05, 0.1) is 24.4 Å². The number of nitrogens with two attached hydrogens (primary N) is 1. The zero-order chi connectivity index (χ0) is 13.8. The molecule has 0 fully saturated rings. The molecule has 1 rings (SSSR count). The van der Waals surface area contributed by atoms with Gasteiger partial charge in [0, 0.05) is 6.42 Å². The molecule has 1 aromatic rings. The maximum atomic E-state index is 12.4. The van der Waals surface area contributed by atoms with Gasteiger partial charge >= 0.3 is 12.1 Å². The minimum Gasteiger partial charge on any atom is -0.466 e. The fourth-order valence-corrected chi connectivity index (χ4v) is 1.32. The Hall–Kier alpha value is -1.79. The van der Waals surface area contributed by atoms with Crippen LogP contribution >= 0.6 is 0 Å². The van der Waals surface area contributed by atoms with Crippen LogP contribution in [0, 0.1) is 0 Å². The Morgan fingerprint density at radius 2 is 2.11 bits per heavy atom. The number of nitrogen functional groups attached to an aromatic ring is 1. The van der Waals surface area contributed by atoms with Gasteiger partial charge in [0.15, 0.2) is 0 Å². The van der Waals surface area contributed by atoms with Crippen LogP contribution in [0.2, 0.25) is 0 Å². The Bertz CT molecular complexity index is 433. The second-order valence-electron chi connectivity index (χ2n) is 3.54. The van der Waals surface area contributed by atoms with Crippen molar-refractivity contribution in [2.24, 2.45) is 0 Å². The van der Waals surface area contributed by atoms with E-state index in [-0.39, 0.29) is 30.8 Å². The van der Waals surface area contributed by atoms with Crippen molar-refractivity contribution >= 4 is 11.7 Å². The highest BCUT2D eigenvalue weighted by Crippen LogP contribution is 2.28. The number of nitrogens with zero attached hydrogens (tertiary/aromatic N) is 1. The van der Waals surface area contributed by atoms with Crippen molar-refractivity contribution < 1.29 is 22.7 Å². The third-order valence-electron chi connectivity index (χ3n) is 2.17. The van der Waals surface area contributed by atoms with Crippen LogP contribution in [-0.4, -0.2) is 17.6 Å². The van der Waals surface area contributed by atoms with Crippen molar-refractivity contribution in [1.29, 1.82) is 0 Å². The number of carbonyl (C=O) groups excluding carboxylic acids is 1. The summed E-state index contributed by atoms with van der Waals surface area (Å²) in [5, 5.41) is 0. The minimum absolute atomic E-state index is 0.0224. The molecule has 7 heteroatoms. The molecule has 4 nitrogen and oxygen atoms in total. The average Bonchev–Trinajstić information content (AvgIpc) is 2.26. The van der Waals surface area contributed by atoms with Gasteiger partial charge in [-0.2, -0.15) is 13.2 Å². The summed E-state index contributed by atoms with van der Waals surface area (Å²) in [5.41, 5.74) is 4.68. The van der Waals surface area contributed by atoms with Crippen molar-refractivity contribution in [2.45, 2.75) is 25.9 Å². The fourth-order valence-electron chi connectivity index (χ4n) is 1.32. The molecular formula is C11H13F3N2O2. The van der Waals surface area contributed by atoms with Crippen molar-refractivity contribution in [3.05, 3.63) is 23.5 Å². The molecule has 100 valence electrons. The number of hydrogen-bond acceptors (Lipinski definition) is 4. The van der Waals surface area contributed by atoms with Crippen LogP contribution in [0.1, 0.15) is 24.7 Å². The number of rotatable bonds is 4. The summed E-state index contributed by atoms with van der Waals surface area (Å²) in [6.07, 6.45) is -4.55. The van der Waals surface area contributed by atoms with Gasteiger partial charge in [-0.15, -0.1) is 0 Å². The molecule has 0 radical (unpaired) electrons. The molecule has 0 spiro atoms. The van der Waals surface area contributed by atoms with Crippen LogP contribution in [0.5, 0.6) is 0 Å². The maximum absolute atomic E-state index is 12.4. The molecule has 1 heterocycles. The molecule has 0 aliphatic carbocycles. The van der Waals surface area contributed by atoms with E-state index >= 15 is 0 Å². The van der Waals surface area contributed by atoms with Gasteiger partial charge in [0.25, 0.3) is 0 Å². The van der Waals surface area contributed by atoms with Gasteiger partial charge in [0.1, 0.15) is 5.69 Å². The number of alkyl halides is 3. The van der Waals surface area contributed by atoms with Crippen LogP contribution in [-0.2, 0) is 22.1 Å². The number of hydrogen-bond donors (Lipinski definition) is 1. The quantitative estimate of drug-likeness (QED) is 0.844. The number of carbonyl (C=O) groups is 1. The number of halogens is 3. The first-order chi connectivity index (χ1) is 8.34. The van der Waals surface area contributed by atoms with Gasteiger partial charge in [-0.1, -0.05) is 0 Å². The highest BCUT2D eigenvalue weighted by Gasteiger charge is 2.32. The summed E-state index contributed by atoms with van der Waals surface area (Å²) in [4.78, 5) is 14.5. The third-order valence-corrected chi connectivity index (χ3v) is 2.17. The van der Waals surface area contributed by atoms with E-state index in [0.717, 1.165) is 12.1 Å². The molecule has 0 atom stereocenters. The van der Waals surface area contributed by atoms with E-state index in [2.05, 4.69) is 9.72 Å². The number of ether oxygens (including phenoxy) is 1. The molecule has 0 unspecified atom stereocenters. The molecule has 18 heavy (non-hydrogen) atoms. The average molecular weight is 262 g/mol. The van der Waals surface area contributed by atoms with Gasteiger partial charge in [-0.05, 0) is 19.1 Å². The Morgan fingerprint density at radius 1 is 1.44 bits per heavy atom. The van der Waals surface area contributed by atoms with E-state index < -0.39 is 17.8 Å². The molecule has 0 saturated heterocycles. The predicted octanol–water partition coefficient (Wildman–Crippen LogP) is 2.18. The molecule has 0 aromatic carbocycles. The monoisotopic (exact) mass is 262 g/mol. The number of aromatic nitrogens is 1. The summed E-state index contributed by atoms with van der Waals surface area (Å²) < 4.78 is 41.9. The Morgan fingerprint density at radius 3 is 2.67 bits per heavy atom. The van der Waals surface area contributed by atoms with Crippen molar-refractivity contribution in [1.82, 2.24) is 4.98 Å². The second-order valence-corrected chi connectivity index (χ2v) is 3.54. The first-order valence-electron chi connectivity index (χ1n) is 5.32. The third kappa shape index (κ3) is 3.90. The summed E-state index contributed by atoms with van der Waals surface area (Å²) in [6.45, 7) is 1.87. The van der Waals surface area contributed by atoms with Crippen molar-refractivity contribution in [3.63, 3.8) is 0 Å². The molecule has 0 amide bonds. The van der Waals surface area contributed by atoms with E-state index in [1.165, 1.54) is 0 Å². The summed E-state index contributed by atoms with van der Waals surface area (Å²) in [5.74, 6) is -0.490. The molecule has 1 aromatic heterocycles. The van der Waals surface area contributed by atoms with Crippen molar-refractivity contribution in [2.75, 3.05) is 12.3 Å². The van der Waals surface area contributed by atoms with E-state index in [0.29, 0.717) is 0 Å². The highest BCUT2D eigenvalue weighted by molar-refractivity contribution is 5.69. The molecule has 0 aliphatic rings. The smallest absolute Gasteiger partial charge is 0.433 e. The van der Waals surface area contributed by atoms with Gasteiger partial charge in [-0.25, -0.2) is 4.98 Å². The molecule has 2 N–H and O–H groups in total. The topological polar surface area (TPSA) is 65.2 Å². The minimum atomic E-state index is -4.52. The number of aryl methyl sites for hydroxylation is 1. The standard InChI is InChI=1S/C11H13F3N2O2/c1-2-18-10(17)6-4-8-7(15)3-5-9(16-8)11(12,13)14/h3,5H,2,4,6,15H2,1H3. The second kappa shape index (κ2) is 5.70. The lowest BCUT2D eigenvalue weighted by Crippen LogP contribution is -2.12. The zero-order valence-corrected chi connectivity index (χ0v) is 9.75. The largest absolute Gasteiger partial charge is 0.466 e. The zero-order valence-electron chi connectivity index (χ0n) is 9.75. The van der Waals surface area contributed by atoms with E-state index in [9.17, 15) is 18.0 Å². The number of pyridine rings is 1. The summed E-state index contributed by atoms with van der Waals surface area (Å²) in [7, 11) is 0. The Labute approximate surface area is 102 Å². The first kappa shape index (κ1) is 14.3. The molecule has 0 aliphatic heterocycles. The summed E-state index contributed by atoms with van der Waals surface area (Å²) in [6, 6.07) is 1.94. The Balaban J connectivity index is 2.79. The van der Waals surface area contributed by atoms with E-state index in [1.54, 1.807) is 6.92 Å². The first-order valence-corrected chi connectivity index (χ1v) is 5.32. The molecule has 0 bridgehead atoms. The van der Waals surface area contributed by atoms with Crippen LogP contribution in [0.3, 0.4) is 0 Å². The summed E-state index contributed by atoms with van der Waals surface area (Å²) >= 11 is 0. The van der Waals surface area contributed by atoms with Crippen molar-refractivity contribution in [3.8, 4) is 0 Å². The normalized spacial score (nSPS) is 11.3. The van der Waals surface area contributed by atoms with Crippen LogP contribution in [0.25, 0.3) is 0 Å². The number of esters is 1. The molecule has 0 saturated carbocycles. The van der Waals surface area contributed by atoms with Crippen LogP contribution in [0.15, 0.2) is 12.1 Å². The number of anilines is 1. The van der Waals surface area contributed by atoms with Gasteiger partial charge < -0.3 is 10.5 Å². The lowest BCUT2D eigenvalue weighted by atomic mass is 10.1. The Kier molecular flexibility index (Phi) is 4.52. The van der Waals surface area contributed by atoms with Crippen LogP contribution in [0.4, 0.5) is 18.9 Å². The maximum Gasteiger partial charge on any atom is 0.433 e. The highest BCUT2D eigenvalue weighted by atomic mass is 19.4. The SMILES string of the molecule is CCOC(=O)CCc1nc(C(F)(F)F)ccc1N. The fraction of sp³-hybridized carbons (Fsp3) is 0.455. The predicted molar refractivity (Wildman–Crippen MR) is 58.6 cm³/mol.